The van der Waals surface area contributed by atoms with E-state index in [-0.39, 0.29) is 5.41 Å². The molecule has 2 heterocycles. The summed E-state index contributed by atoms with van der Waals surface area (Å²) in [6.45, 7) is 4.61. The van der Waals surface area contributed by atoms with Crippen LogP contribution in [0.15, 0.2) is 144 Å². The molecular weight excluding hydrogens is 562 g/mol. The van der Waals surface area contributed by atoms with E-state index < -0.39 is 0 Å². The third-order valence-corrected chi connectivity index (χ3v) is 9.35. The van der Waals surface area contributed by atoms with Crippen molar-refractivity contribution in [1.82, 2.24) is 15.0 Å². The molecule has 0 aliphatic heterocycles. The molecule has 1 aliphatic carbocycles. The molecule has 0 saturated heterocycles. The molecule has 0 atom stereocenters. The van der Waals surface area contributed by atoms with Gasteiger partial charge < -0.3 is 4.42 Å². The Morgan fingerprint density at radius 3 is 1.63 bits per heavy atom. The average molecular weight is 592 g/mol. The van der Waals surface area contributed by atoms with Gasteiger partial charge in [-0.05, 0) is 51.6 Å². The van der Waals surface area contributed by atoms with Crippen LogP contribution in [0, 0.1) is 0 Å². The molecule has 1 aliphatic rings. The van der Waals surface area contributed by atoms with Crippen molar-refractivity contribution in [3.63, 3.8) is 0 Å². The highest BCUT2D eigenvalue weighted by Crippen LogP contribution is 2.51. The van der Waals surface area contributed by atoms with Gasteiger partial charge in [0.1, 0.15) is 11.2 Å². The van der Waals surface area contributed by atoms with Gasteiger partial charge in [-0.25, -0.2) is 15.0 Å². The topological polar surface area (TPSA) is 51.8 Å². The maximum absolute atomic E-state index is 6.51. The van der Waals surface area contributed by atoms with Gasteiger partial charge in [0.25, 0.3) is 0 Å². The van der Waals surface area contributed by atoms with Crippen molar-refractivity contribution >= 4 is 21.9 Å². The highest BCUT2D eigenvalue weighted by molar-refractivity contribution is 6.14. The zero-order valence-electron chi connectivity index (χ0n) is 25.5. The standard InChI is InChI=1S/C42H29N3O/c1-42(2)34-18-10-9-16-31(34)32-24-33-37(25-35(32)42)46-36-19-11-17-30(38(33)36)26-20-22-29(23-21-26)41-44-39(27-12-5-3-6-13-27)43-40(45-41)28-14-7-4-8-15-28/h3-25H,1-2H3. The Morgan fingerprint density at radius 1 is 0.435 bits per heavy atom. The fourth-order valence-electron chi connectivity index (χ4n) is 7.00. The number of hydrogen-bond donors (Lipinski definition) is 0. The van der Waals surface area contributed by atoms with Crippen LogP contribution in [-0.4, -0.2) is 15.0 Å². The second kappa shape index (κ2) is 10.1. The lowest BCUT2D eigenvalue weighted by atomic mass is 9.82. The second-order valence-corrected chi connectivity index (χ2v) is 12.5. The zero-order valence-corrected chi connectivity index (χ0v) is 25.5. The first-order valence-corrected chi connectivity index (χ1v) is 15.6. The second-order valence-electron chi connectivity index (χ2n) is 12.5. The maximum atomic E-state index is 6.51. The Balaban J connectivity index is 1.17. The number of hydrogen-bond acceptors (Lipinski definition) is 4. The van der Waals surface area contributed by atoms with Crippen molar-refractivity contribution < 1.29 is 4.42 Å². The predicted octanol–water partition coefficient (Wildman–Crippen LogP) is 10.7. The van der Waals surface area contributed by atoms with Crippen LogP contribution >= 0.6 is 0 Å². The Bertz CT molecular complexity index is 2370. The van der Waals surface area contributed by atoms with Crippen LogP contribution in [0.25, 0.3) is 78.4 Å². The van der Waals surface area contributed by atoms with Gasteiger partial charge in [0.2, 0.25) is 0 Å². The minimum atomic E-state index is -0.0759. The van der Waals surface area contributed by atoms with E-state index in [0.717, 1.165) is 49.8 Å². The molecule has 0 bridgehead atoms. The predicted molar refractivity (Wildman–Crippen MR) is 186 cm³/mol. The molecule has 0 unspecified atom stereocenters. The van der Waals surface area contributed by atoms with Crippen LogP contribution in [0.5, 0.6) is 0 Å². The highest BCUT2D eigenvalue weighted by Gasteiger charge is 2.36. The summed E-state index contributed by atoms with van der Waals surface area (Å²) in [5, 5.41) is 2.27. The fraction of sp³-hybridized carbons (Fsp3) is 0.0714. The van der Waals surface area contributed by atoms with Crippen LogP contribution < -0.4 is 0 Å². The van der Waals surface area contributed by atoms with E-state index in [4.69, 9.17) is 19.4 Å². The average Bonchev–Trinajstić information content (AvgIpc) is 3.59. The smallest absolute Gasteiger partial charge is 0.164 e. The third kappa shape index (κ3) is 4.11. The minimum absolute atomic E-state index is 0.0759. The minimum Gasteiger partial charge on any atom is -0.456 e. The lowest BCUT2D eigenvalue weighted by Gasteiger charge is -2.21. The molecule has 9 rings (SSSR count). The summed E-state index contributed by atoms with van der Waals surface area (Å²) in [7, 11) is 0. The SMILES string of the molecule is CC1(C)c2ccccc2-c2cc3c(cc21)oc1cccc(-c2ccc(-c4nc(-c5ccccc5)nc(-c5ccccc5)n4)cc2)c13. The van der Waals surface area contributed by atoms with E-state index >= 15 is 0 Å². The number of rotatable bonds is 4. The normalized spacial score (nSPS) is 13.2. The molecule has 4 heteroatoms. The van der Waals surface area contributed by atoms with Crippen molar-refractivity contribution in [3.05, 3.63) is 151 Å². The zero-order chi connectivity index (χ0) is 30.8. The molecule has 4 nitrogen and oxygen atoms in total. The van der Waals surface area contributed by atoms with Crippen molar-refractivity contribution in [1.29, 1.82) is 0 Å². The molecule has 46 heavy (non-hydrogen) atoms. The maximum Gasteiger partial charge on any atom is 0.164 e. The van der Waals surface area contributed by atoms with Gasteiger partial charge in [0.15, 0.2) is 17.5 Å². The third-order valence-electron chi connectivity index (χ3n) is 9.35. The molecular formula is C42H29N3O. The summed E-state index contributed by atoms with van der Waals surface area (Å²) in [5.74, 6) is 1.95. The fourth-order valence-corrected chi connectivity index (χ4v) is 7.00. The number of fused-ring (bicyclic) bond motifs is 6. The lowest BCUT2D eigenvalue weighted by molar-refractivity contribution is 0.647. The summed E-state index contributed by atoms with van der Waals surface area (Å²) in [4.78, 5) is 14.7. The van der Waals surface area contributed by atoms with Gasteiger partial charge in [-0.1, -0.05) is 135 Å². The Labute approximate surface area is 267 Å². The summed E-state index contributed by atoms with van der Waals surface area (Å²) < 4.78 is 6.51. The van der Waals surface area contributed by atoms with Gasteiger partial charge in [-0.2, -0.15) is 0 Å². The number of aromatic nitrogens is 3. The van der Waals surface area contributed by atoms with Gasteiger partial charge in [0, 0.05) is 32.9 Å². The summed E-state index contributed by atoms with van der Waals surface area (Å²) in [6.07, 6.45) is 0. The molecule has 0 amide bonds. The number of benzene rings is 6. The van der Waals surface area contributed by atoms with Crippen LogP contribution in [0.2, 0.25) is 0 Å². The largest absolute Gasteiger partial charge is 0.456 e. The van der Waals surface area contributed by atoms with Gasteiger partial charge in [-0.15, -0.1) is 0 Å². The number of nitrogens with zero attached hydrogens (tertiary/aromatic N) is 3. The van der Waals surface area contributed by atoms with Crippen molar-refractivity contribution in [3.8, 4) is 56.4 Å². The van der Waals surface area contributed by atoms with Gasteiger partial charge in [-0.3, -0.25) is 0 Å². The van der Waals surface area contributed by atoms with Crippen LogP contribution in [-0.2, 0) is 5.41 Å². The summed E-state index contributed by atoms with van der Waals surface area (Å²) in [5.41, 5.74) is 12.1. The summed E-state index contributed by atoms with van der Waals surface area (Å²) >= 11 is 0. The molecule has 0 saturated carbocycles. The van der Waals surface area contributed by atoms with Gasteiger partial charge in [0.05, 0.1) is 0 Å². The van der Waals surface area contributed by atoms with E-state index in [9.17, 15) is 0 Å². The lowest BCUT2D eigenvalue weighted by Crippen LogP contribution is -2.14. The number of furan rings is 1. The van der Waals surface area contributed by atoms with E-state index in [2.05, 4.69) is 92.7 Å². The quantitative estimate of drug-likeness (QED) is 0.204. The van der Waals surface area contributed by atoms with Crippen LogP contribution in [0.3, 0.4) is 0 Å². The highest BCUT2D eigenvalue weighted by atomic mass is 16.3. The van der Waals surface area contributed by atoms with Crippen LogP contribution in [0.1, 0.15) is 25.0 Å². The Hall–Kier alpha value is -5.87. The first kappa shape index (κ1) is 26.5. The van der Waals surface area contributed by atoms with Crippen molar-refractivity contribution in [2.75, 3.05) is 0 Å². The summed E-state index contributed by atoms with van der Waals surface area (Å²) in [6, 6.07) is 48.3. The molecule has 0 N–H and O–H groups in total. The monoisotopic (exact) mass is 591 g/mol. The van der Waals surface area contributed by atoms with E-state index in [1.165, 1.54) is 22.3 Å². The van der Waals surface area contributed by atoms with Crippen molar-refractivity contribution in [2.24, 2.45) is 0 Å². The molecule has 2 aromatic heterocycles. The van der Waals surface area contributed by atoms with Crippen LogP contribution in [0.4, 0.5) is 0 Å². The molecule has 8 aromatic rings. The molecule has 0 fully saturated rings. The van der Waals surface area contributed by atoms with E-state index in [1.54, 1.807) is 0 Å². The molecule has 0 spiro atoms. The van der Waals surface area contributed by atoms with E-state index in [0.29, 0.717) is 17.5 Å². The molecule has 6 aromatic carbocycles. The Morgan fingerprint density at radius 2 is 0.978 bits per heavy atom. The first-order valence-electron chi connectivity index (χ1n) is 15.6. The van der Waals surface area contributed by atoms with E-state index in [1.807, 2.05) is 60.7 Å². The molecule has 218 valence electrons. The van der Waals surface area contributed by atoms with Gasteiger partial charge >= 0.3 is 0 Å². The molecule has 0 radical (unpaired) electrons. The Kier molecular flexibility index (Phi) is 5.81. The van der Waals surface area contributed by atoms with Crippen molar-refractivity contribution in [2.45, 2.75) is 19.3 Å². The first-order chi connectivity index (χ1) is 22.5.